The lowest BCUT2D eigenvalue weighted by molar-refractivity contribution is 0.0882. The average molecular weight is 212 g/mol. The molecule has 0 saturated carbocycles. The van der Waals surface area contributed by atoms with Gasteiger partial charge in [0.15, 0.2) is 0 Å². The fourth-order valence-electron chi connectivity index (χ4n) is 1.47. The third-order valence-corrected chi connectivity index (χ3v) is 2.34. The number of aliphatic hydroxyl groups excluding tert-OH is 1. The molecule has 84 valence electrons. The molecule has 1 N–H and O–H groups in total. The van der Waals surface area contributed by atoms with Gasteiger partial charge in [0.1, 0.15) is 5.82 Å². The molecule has 3 heteroatoms. The first kappa shape index (κ1) is 12.1. The molecule has 15 heavy (non-hydrogen) atoms. The summed E-state index contributed by atoms with van der Waals surface area (Å²) in [5.41, 5.74) is 1.55. The van der Waals surface area contributed by atoms with Crippen molar-refractivity contribution in [1.82, 2.24) is 0 Å². The maximum Gasteiger partial charge on any atom is 0.123 e. The molecule has 0 aliphatic rings. The molecule has 0 fully saturated rings. The first-order valence-electron chi connectivity index (χ1n) is 5.17. The quantitative estimate of drug-likeness (QED) is 0.760. The second-order valence-corrected chi connectivity index (χ2v) is 3.50. The summed E-state index contributed by atoms with van der Waals surface area (Å²) in [4.78, 5) is 0. The number of ether oxygens (including phenoxy) is 1. The van der Waals surface area contributed by atoms with Crippen LogP contribution in [0.2, 0.25) is 0 Å². The molecule has 1 unspecified atom stereocenters. The molecule has 0 aliphatic heterocycles. The molecule has 1 aromatic carbocycles. The van der Waals surface area contributed by atoms with Crippen LogP contribution < -0.4 is 0 Å². The SMILES string of the molecule is CCOCCC(O)c1cc(F)ccc1C. The number of hydrogen-bond donors (Lipinski definition) is 1. The van der Waals surface area contributed by atoms with Crippen LogP contribution >= 0.6 is 0 Å². The number of benzene rings is 1. The van der Waals surface area contributed by atoms with Crippen molar-refractivity contribution in [2.24, 2.45) is 0 Å². The minimum atomic E-state index is -0.646. The molecule has 0 aliphatic carbocycles. The number of halogens is 1. The first-order chi connectivity index (χ1) is 7.15. The van der Waals surface area contributed by atoms with Crippen LogP contribution in [0, 0.1) is 12.7 Å². The van der Waals surface area contributed by atoms with Crippen molar-refractivity contribution < 1.29 is 14.2 Å². The molecule has 0 amide bonds. The van der Waals surface area contributed by atoms with Gasteiger partial charge in [0.05, 0.1) is 6.10 Å². The normalized spacial score (nSPS) is 12.8. The van der Waals surface area contributed by atoms with Crippen molar-refractivity contribution in [1.29, 1.82) is 0 Å². The predicted molar refractivity (Wildman–Crippen MR) is 57.2 cm³/mol. The zero-order chi connectivity index (χ0) is 11.3. The maximum absolute atomic E-state index is 13.0. The first-order valence-corrected chi connectivity index (χ1v) is 5.17. The zero-order valence-corrected chi connectivity index (χ0v) is 9.16. The smallest absolute Gasteiger partial charge is 0.123 e. The van der Waals surface area contributed by atoms with Crippen LogP contribution in [-0.2, 0) is 4.74 Å². The van der Waals surface area contributed by atoms with Gasteiger partial charge in [0.2, 0.25) is 0 Å². The van der Waals surface area contributed by atoms with Crippen molar-refractivity contribution >= 4 is 0 Å². The predicted octanol–water partition coefficient (Wildman–Crippen LogP) is 2.59. The number of aliphatic hydroxyl groups is 1. The number of hydrogen-bond acceptors (Lipinski definition) is 2. The summed E-state index contributed by atoms with van der Waals surface area (Å²) < 4.78 is 18.1. The minimum Gasteiger partial charge on any atom is -0.388 e. The zero-order valence-electron chi connectivity index (χ0n) is 9.16. The van der Waals surface area contributed by atoms with Crippen LogP contribution in [0.5, 0.6) is 0 Å². The molecule has 0 saturated heterocycles. The Morgan fingerprint density at radius 1 is 1.47 bits per heavy atom. The highest BCUT2D eigenvalue weighted by molar-refractivity contribution is 5.28. The van der Waals surface area contributed by atoms with Gasteiger partial charge in [-0.25, -0.2) is 4.39 Å². The Bertz CT molecular complexity index is 312. The van der Waals surface area contributed by atoms with Crippen LogP contribution in [0.1, 0.15) is 30.6 Å². The molecule has 2 nitrogen and oxygen atoms in total. The van der Waals surface area contributed by atoms with Crippen LogP contribution in [0.3, 0.4) is 0 Å². The monoisotopic (exact) mass is 212 g/mol. The Labute approximate surface area is 89.7 Å². The van der Waals surface area contributed by atoms with Crippen LogP contribution in [-0.4, -0.2) is 18.3 Å². The van der Waals surface area contributed by atoms with E-state index in [1.54, 1.807) is 6.07 Å². The Morgan fingerprint density at radius 3 is 2.87 bits per heavy atom. The van der Waals surface area contributed by atoms with Crippen molar-refractivity contribution in [2.75, 3.05) is 13.2 Å². The van der Waals surface area contributed by atoms with Crippen molar-refractivity contribution in [3.8, 4) is 0 Å². The van der Waals surface area contributed by atoms with Gasteiger partial charge in [-0.2, -0.15) is 0 Å². The topological polar surface area (TPSA) is 29.5 Å². The van der Waals surface area contributed by atoms with E-state index in [0.717, 1.165) is 5.56 Å². The summed E-state index contributed by atoms with van der Waals surface area (Å²) in [5, 5.41) is 9.81. The van der Waals surface area contributed by atoms with E-state index in [1.165, 1.54) is 12.1 Å². The molecule has 0 radical (unpaired) electrons. The molecular weight excluding hydrogens is 195 g/mol. The Hall–Kier alpha value is -0.930. The molecule has 1 rings (SSSR count). The molecule has 1 atom stereocenters. The lowest BCUT2D eigenvalue weighted by atomic mass is 10.0. The van der Waals surface area contributed by atoms with Gasteiger partial charge >= 0.3 is 0 Å². The standard InChI is InChI=1S/C12H17FO2/c1-3-15-7-6-12(14)11-8-10(13)5-4-9(11)2/h4-5,8,12,14H,3,6-7H2,1-2H3. The van der Waals surface area contributed by atoms with Gasteiger partial charge in [0, 0.05) is 19.6 Å². The van der Waals surface area contributed by atoms with E-state index in [-0.39, 0.29) is 5.82 Å². The highest BCUT2D eigenvalue weighted by atomic mass is 19.1. The number of aryl methyl sites for hydroxylation is 1. The van der Waals surface area contributed by atoms with E-state index in [1.807, 2.05) is 13.8 Å². The van der Waals surface area contributed by atoms with Gasteiger partial charge in [-0.3, -0.25) is 0 Å². The summed E-state index contributed by atoms with van der Waals surface area (Å²) in [5.74, 6) is -0.314. The maximum atomic E-state index is 13.0. The van der Waals surface area contributed by atoms with E-state index in [9.17, 15) is 9.50 Å². The summed E-state index contributed by atoms with van der Waals surface area (Å²) in [6.07, 6.45) is -0.148. The van der Waals surface area contributed by atoms with Gasteiger partial charge in [-0.15, -0.1) is 0 Å². The summed E-state index contributed by atoms with van der Waals surface area (Å²) in [7, 11) is 0. The highest BCUT2D eigenvalue weighted by Crippen LogP contribution is 2.21. The largest absolute Gasteiger partial charge is 0.388 e. The summed E-state index contributed by atoms with van der Waals surface area (Å²) in [6.45, 7) is 4.89. The minimum absolute atomic E-state index is 0.314. The lowest BCUT2D eigenvalue weighted by Crippen LogP contribution is -2.05. The number of rotatable bonds is 5. The van der Waals surface area contributed by atoms with Crippen LogP contribution in [0.15, 0.2) is 18.2 Å². The fraction of sp³-hybridized carbons (Fsp3) is 0.500. The van der Waals surface area contributed by atoms with E-state index in [0.29, 0.717) is 25.2 Å². The lowest BCUT2D eigenvalue weighted by Gasteiger charge is -2.13. The van der Waals surface area contributed by atoms with Gasteiger partial charge in [0.25, 0.3) is 0 Å². The second kappa shape index (κ2) is 5.83. The molecular formula is C12H17FO2. The third-order valence-electron chi connectivity index (χ3n) is 2.34. The van der Waals surface area contributed by atoms with Gasteiger partial charge < -0.3 is 9.84 Å². The van der Waals surface area contributed by atoms with Gasteiger partial charge in [-0.1, -0.05) is 6.07 Å². The molecule has 0 spiro atoms. The van der Waals surface area contributed by atoms with E-state index in [4.69, 9.17) is 4.74 Å². The molecule has 0 aromatic heterocycles. The molecule has 0 heterocycles. The summed E-state index contributed by atoms with van der Waals surface area (Å²) in [6, 6.07) is 4.45. The highest BCUT2D eigenvalue weighted by Gasteiger charge is 2.10. The van der Waals surface area contributed by atoms with Crippen LogP contribution in [0.4, 0.5) is 4.39 Å². The second-order valence-electron chi connectivity index (χ2n) is 3.50. The Kier molecular flexibility index (Phi) is 4.72. The van der Waals surface area contributed by atoms with E-state index < -0.39 is 6.10 Å². The van der Waals surface area contributed by atoms with Crippen molar-refractivity contribution in [2.45, 2.75) is 26.4 Å². The van der Waals surface area contributed by atoms with Crippen molar-refractivity contribution in [3.63, 3.8) is 0 Å². The van der Waals surface area contributed by atoms with Gasteiger partial charge in [-0.05, 0) is 37.1 Å². The third kappa shape index (κ3) is 3.61. The average Bonchev–Trinajstić information content (AvgIpc) is 2.22. The summed E-state index contributed by atoms with van der Waals surface area (Å²) >= 11 is 0. The van der Waals surface area contributed by atoms with E-state index in [2.05, 4.69) is 0 Å². The molecule has 0 bridgehead atoms. The van der Waals surface area contributed by atoms with E-state index >= 15 is 0 Å². The Balaban J connectivity index is 2.64. The molecule has 1 aromatic rings. The van der Waals surface area contributed by atoms with Crippen molar-refractivity contribution in [3.05, 3.63) is 35.1 Å². The van der Waals surface area contributed by atoms with Crippen LogP contribution in [0.25, 0.3) is 0 Å². The fourth-order valence-corrected chi connectivity index (χ4v) is 1.47. The Morgan fingerprint density at radius 2 is 2.20 bits per heavy atom.